The highest BCUT2D eigenvalue weighted by Crippen LogP contribution is 2.58. The highest BCUT2D eigenvalue weighted by molar-refractivity contribution is 7.22. The second kappa shape index (κ2) is 19.3. The molecule has 1 heterocycles. The zero-order chi connectivity index (χ0) is 55.1. The predicted molar refractivity (Wildman–Crippen MR) is 349 cm³/mol. The largest absolute Gasteiger partial charge is 0.310 e. The quantitative estimate of drug-likeness (QED) is 0.123. The lowest BCUT2D eigenvalue weighted by Crippen LogP contribution is -2.72. The minimum atomic E-state index is -2.75. The number of hydrogen-bond donors (Lipinski definition) is 0. The molecule has 3 aliphatic rings. The van der Waals surface area contributed by atoms with Crippen LogP contribution in [0.15, 0.2) is 328 Å². The summed E-state index contributed by atoms with van der Waals surface area (Å²) in [7, 11) is -2.75. The first-order valence-electron chi connectivity index (χ1n) is 29.1. The Kier molecular flexibility index (Phi) is 11.3. The van der Waals surface area contributed by atoms with Gasteiger partial charge in [0.05, 0.1) is 11.1 Å². The molecule has 83 heavy (non-hydrogen) atoms. The minimum Gasteiger partial charge on any atom is -0.310 e. The zero-order valence-corrected chi connectivity index (χ0v) is 47.1. The van der Waals surface area contributed by atoms with Crippen molar-refractivity contribution in [3.05, 3.63) is 367 Å². The van der Waals surface area contributed by atoms with Gasteiger partial charge in [-0.2, -0.15) is 0 Å². The van der Waals surface area contributed by atoms with Crippen LogP contribution in [0.1, 0.15) is 45.9 Å². The van der Waals surface area contributed by atoms with Crippen LogP contribution in [0.2, 0.25) is 0 Å². The van der Waals surface area contributed by atoms with Gasteiger partial charge >= 0.3 is 0 Å². The lowest BCUT2D eigenvalue weighted by molar-refractivity contribution is 0.714. The van der Waals surface area contributed by atoms with E-state index in [1.54, 1.807) is 0 Å². The first-order valence-corrected chi connectivity index (χ1v) is 31.1. The number of rotatable bonds is 10. The Morgan fingerprint density at radius 2 is 0.723 bits per heavy atom. The molecule has 0 bridgehead atoms. The maximum absolute atomic E-state index is 2.75. The molecule has 1 aliphatic heterocycles. The fourth-order valence-corrected chi connectivity index (χ4v) is 20.3. The fourth-order valence-electron chi connectivity index (χ4n) is 15.1. The van der Waals surface area contributed by atoms with Crippen molar-refractivity contribution in [2.75, 3.05) is 4.90 Å². The van der Waals surface area contributed by atoms with Crippen LogP contribution >= 0.6 is 0 Å². The van der Waals surface area contributed by atoms with Crippen molar-refractivity contribution in [2.24, 2.45) is 0 Å². The van der Waals surface area contributed by atoms with Crippen molar-refractivity contribution < 1.29 is 0 Å². The molecule has 0 radical (unpaired) electrons. The van der Waals surface area contributed by atoms with E-state index in [4.69, 9.17) is 0 Å². The number of nitrogens with zero attached hydrogens (tertiary/aromatic N) is 1. The van der Waals surface area contributed by atoms with E-state index in [9.17, 15) is 0 Å². The molecular formula is C81H57NSi. The zero-order valence-electron chi connectivity index (χ0n) is 46.1. The Balaban J connectivity index is 0.938. The van der Waals surface area contributed by atoms with E-state index in [0.29, 0.717) is 0 Å². The maximum Gasteiger partial charge on any atom is 0.180 e. The summed E-state index contributed by atoms with van der Waals surface area (Å²) >= 11 is 0. The molecule has 13 aromatic carbocycles. The van der Waals surface area contributed by atoms with E-state index in [2.05, 4.69) is 339 Å². The molecule has 0 N–H and O–H groups in total. The molecule has 1 atom stereocenters. The summed E-state index contributed by atoms with van der Waals surface area (Å²) in [5.41, 5.74) is 23.7. The van der Waals surface area contributed by atoms with Crippen LogP contribution in [-0.2, 0) is 10.8 Å². The molecule has 13 aromatic rings. The van der Waals surface area contributed by atoms with Gasteiger partial charge in [0.1, 0.15) is 0 Å². The van der Waals surface area contributed by atoms with Gasteiger partial charge in [-0.05, 0) is 153 Å². The van der Waals surface area contributed by atoms with Crippen molar-refractivity contribution in [1.29, 1.82) is 0 Å². The molecule has 2 heteroatoms. The molecule has 0 spiro atoms. The smallest absolute Gasteiger partial charge is 0.180 e. The Morgan fingerprint density at radius 1 is 0.265 bits per heavy atom. The van der Waals surface area contributed by atoms with E-state index in [1.165, 1.54) is 104 Å². The van der Waals surface area contributed by atoms with Gasteiger partial charge in [-0.25, -0.2) is 0 Å². The third kappa shape index (κ3) is 7.19. The van der Waals surface area contributed by atoms with Gasteiger partial charge in [-0.1, -0.05) is 291 Å². The summed E-state index contributed by atoms with van der Waals surface area (Å²) in [4.78, 5) is 2.55. The molecule has 2 aliphatic carbocycles. The van der Waals surface area contributed by atoms with Crippen LogP contribution < -0.4 is 25.6 Å². The fraction of sp³-hybridized carbons (Fsp3) is 0.0370. The Morgan fingerprint density at radius 3 is 1.37 bits per heavy atom. The second-order valence-corrected chi connectivity index (χ2v) is 26.5. The predicted octanol–water partition coefficient (Wildman–Crippen LogP) is 17.5. The summed E-state index contributed by atoms with van der Waals surface area (Å²) in [6.07, 6.45) is 0. The van der Waals surface area contributed by atoms with Gasteiger partial charge in [0, 0.05) is 22.4 Å². The second-order valence-electron chi connectivity index (χ2n) is 22.7. The van der Waals surface area contributed by atoms with E-state index in [0.717, 1.165) is 28.2 Å². The molecule has 0 aromatic heterocycles. The summed E-state index contributed by atoms with van der Waals surface area (Å²) < 4.78 is 0. The van der Waals surface area contributed by atoms with Crippen LogP contribution in [0.4, 0.5) is 17.1 Å². The minimum absolute atomic E-state index is 0.400. The topological polar surface area (TPSA) is 3.24 Å². The van der Waals surface area contributed by atoms with E-state index < -0.39 is 18.9 Å². The molecule has 16 rings (SSSR count). The van der Waals surface area contributed by atoms with Crippen LogP contribution in [0.25, 0.3) is 55.6 Å². The summed E-state index contributed by atoms with van der Waals surface area (Å²) in [5.74, 6) is 0. The number of hydrogen-bond acceptors (Lipinski definition) is 1. The van der Waals surface area contributed by atoms with Crippen LogP contribution in [0, 0.1) is 0 Å². The van der Waals surface area contributed by atoms with Gasteiger partial charge in [0.2, 0.25) is 0 Å². The summed E-state index contributed by atoms with van der Waals surface area (Å²) in [5, 5.41) is 5.67. The van der Waals surface area contributed by atoms with Crippen LogP contribution in [0.3, 0.4) is 0 Å². The van der Waals surface area contributed by atoms with Crippen molar-refractivity contribution in [1.82, 2.24) is 0 Å². The molecule has 0 saturated carbocycles. The highest BCUT2D eigenvalue weighted by Gasteiger charge is 2.49. The monoisotopic (exact) mass is 1070 g/mol. The molecule has 0 amide bonds. The van der Waals surface area contributed by atoms with Crippen molar-refractivity contribution in [3.8, 4) is 55.6 Å². The standard InChI is InChI=1S/C81H57NSi/c1-80(59-29-8-3-9-30-59)73-43-19-14-38-66(73)69-50-49-63(55-76(69)80)82(62-34-25-33-61(54-62)81(60-31-10-4-11-32-60)74-44-20-15-39-67(74)68-40-16-21-45-75(68)81)77-51-48-58(53-72(77)56-26-6-2-7-27-56)57-28-24-37-65(52-57)83(64-35-12-5-13-36-64)78-46-22-17-41-70(78)71-42-18-23-47-79(71)83/h2-55H,1H3. The Hall–Kier alpha value is -10.1. The molecule has 1 nitrogen and oxygen atoms in total. The average molecular weight is 1070 g/mol. The van der Waals surface area contributed by atoms with Crippen molar-refractivity contribution in [3.63, 3.8) is 0 Å². The lowest BCUT2D eigenvalue weighted by Gasteiger charge is -2.36. The van der Waals surface area contributed by atoms with Crippen LogP contribution in [0.5, 0.6) is 0 Å². The van der Waals surface area contributed by atoms with Crippen LogP contribution in [-0.4, -0.2) is 8.07 Å². The summed E-state index contributed by atoms with van der Waals surface area (Å²) in [6, 6.07) is 124. The molecule has 0 fully saturated rings. The van der Waals surface area contributed by atoms with Gasteiger partial charge in [0.15, 0.2) is 8.07 Å². The number of fused-ring (bicyclic) bond motifs is 9. The Labute approximate surface area is 487 Å². The maximum atomic E-state index is 2.55. The highest BCUT2D eigenvalue weighted by atomic mass is 28.3. The Bertz CT molecular complexity index is 4550. The number of anilines is 3. The molecule has 0 saturated heterocycles. The number of benzene rings is 13. The van der Waals surface area contributed by atoms with E-state index in [-0.39, 0.29) is 0 Å². The summed E-state index contributed by atoms with van der Waals surface area (Å²) in [6.45, 7) is 2.42. The lowest BCUT2D eigenvalue weighted by atomic mass is 9.67. The van der Waals surface area contributed by atoms with Gasteiger partial charge in [0.25, 0.3) is 0 Å². The van der Waals surface area contributed by atoms with Gasteiger partial charge in [-0.3, -0.25) is 0 Å². The third-order valence-corrected chi connectivity index (χ3v) is 23.6. The SMILES string of the molecule is CC1(c2ccccc2)c2ccccc2-c2ccc(N(c3cccc(C4(c5ccccc5)c5ccccc5-c5ccccc54)c3)c3ccc(-c4cccc([Si]5(c6ccccc6)c6ccccc6-c6ccccc65)c4)cc3-c3ccccc3)cc21. The van der Waals surface area contributed by atoms with Crippen molar-refractivity contribution >= 4 is 45.9 Å². The normalized spacial score (nSPS) is 15.3. The van der Waals surface area contributed by atoms with E-state index >= 15 is 0 Å². The molecule has 1 unspecified atom stereocenters. The van der Waals surface area contributed by atoms with Crippen molar-refractivity contribution in [2.45, 2.75) is 17.8 Å². The first kappa shape index (κ1) is 48.8. The third-order valence-electron chi connectivity index (χ3n) is 18.7. The first-order chi connectivity index (χ1) is 41.1. The van der Waals surface area contributed by atoms with E-state index in [1.807, 2.05) is 0 Å². The van der Waals surface area contributed by atoms with Gasteiger partial charge < -0.3 is 4.90 Å². The average Bonchev–Trinajstić information content (AvgIpc) is 3.10. The molecule has 390 valence electrons. The molecular weight excluding hydrogens is 1010 g/mol. The van der Waals surface area contributed by atoms with Gasteiger partial charge in [-0.15, -0.1) is 0 Å².